The van der Waals surface area contributed by atoms with Crippen molar-refractivity contribution in [1.29, 1.82) is 0 Å². The van der Waals surface area contributed by atoms with Gasteiger partial charge in [-0.1, -0.05) is 23.7 Å². The van der Waals surface area contributed by atoms with Gasteiger partial charge >= 0.3 is 0 Å². The minimum absolute atomic E-state index is 0.146. The fraction of sp³-hybridized carbons (Fsp3) is 0.250. The predicted molar refractivity (Wildman–Crippen MR) is 102 cm³/mol. The predicted octanol–water partition coefficient (Wildman–Crippen LogP) is 3.81. The van der Waals surface area contributed by atoms with Crippen LogP contribution in [0.4, 0.5) is 5.82 Å². The van der Waals surface area contributed by atoms with Gasteiger partial charge in [0, 0.05) is 35.6 Å². The molecule has 1 aliphatic heterocycles. The first kappa shape index (κ1) is 16.9. The van der Waals surface area contributed by atoms with Crippen molar-refractivity contribution < 1.29 is 5.11 Å². The van der Waals surface area contributed by atoms with Gasteiger partial charge in [-0.2, -0.15) is 0 Å². The van der Waals surface area contributed by atoms with Crippen LogP contribution in [0.2, 0.25) is 5.02 Å². The van der Waals surface area contributed by atoms with Crippen LogP contribution in [0.1, 0.15) is 23.9 Å². The fourth-order valence-corrected chi connectivity index (χ4v) is 3.59. The third kappa shape index (κ3) is 3.28. The lowest BCUT2D eigenvalue weighted by molar-refractivity contribution is 0.165. The Kier molecular flexibility index (Phi) is 4.57. The Morgan fingerprint density at radius 2 is 1.81 bits per heavy atom. The molecule has 0 spiro atoms. The number of hydrogen-bond acceptors (Lipinski definition) is 5. The van der Waals surface area contributed by atoms with Crippen molar-refractivity contribution in [2.75, 3.05) is 11.4 Å². The van der Waals surface area contributed by atoms with Crippen LogP contribution in [0.3, 0.4) is 0 Å². The van der Waals surface area contributed by atoms with Crippen LogP contribution in [-0.4, -0.2) is 32.7 Å². The largest absolute Gasteiger partial charge is 0.391 e. The van der Waals surface area contributed by atoms with E-state index < -0.39 is 6.10 Å². The molecule has 4 rings (SSSR count). The number of benzene rings is 1. The number of aryl methyl sites for hydroxylation is 1. The molecule has 26 heavy (non-hydrogen) atoms. The van der Waals surface area contributed by atoms with Crippen molar-refractivity contribution in [3.63, 3.8) is 0 Å². The quantitative estimate of drug-likeness (QED) is 0.763. The van der Waals surface area contributed by atoms with Crippen molar-refractivity contribution >= 4 is 17.4 Å². The maximum atomic E-state index is 10.6. The average Bonchev–Trinajstić information content (AvgIpc) is 3.04. The average molecular weight is 367 g/mol. The maximum absolute atomic E-state index is 10.6. The molecular formula is C20H19ClN4O. The van der Waals surface area contributed by atoms with Gasteiger partial charge in [0.15, 0.2) is 0 Å². The molecule has 1 N–H and O–H groups in total. The van der Waals surface area contributed by atoms with E-state index in [1.54, 1.807) is 12.4 Å². The molecule has 2 atom stereocenters. The smallest absolute Gasteiger partial charge is 0.133 e. The van der Waals surface area contributed by atoms with Crippen LogP contribution in [0, 0.1) is 6.92 Å². The van der Waals surface area contributed by atoms with Crippen molar-refractivity contribution in [1.82, 2.24) is 15.0 Å². The standard InChI is InChI=1S/C20H19ClN4O/c1-13-23-17(14-6-9-22-10-7-14)12-19(24-13)25-11-8-18(26)20(25)15-2-4-16(21)5-3-15/h2-7,9-10,12,18,20,26H,8,11H2,1H3/t18-,20-/m1/s1. The Bertz CT molecular complexity index is 901. The van der Waals surface area contributed by atoms with E-state index in [2.05, 4.69) is 19.9 Å². The van der Waals surface area contributed by atoms with Crippen LogP contribution in [0.5, 0.6) is 0 Å². The molecule has 1 aromatic carbocycles. The summed E-state index contributed by atoms with van der Waals surface area (Å²) in [5.41, 5.74) is 2.88. The molecule has 0 aliphatic carbocycles. The highest BCUT2D eigenvalue weighted by atomic mass is 35.5. The summed E-state index contributed by atoms with van der Waals surface area (Å²) in [6, 6.07) is 13.3. The van der Waals surface area contributed by atoms with Crippen molar-refractivity contribution in [2.45, 2.75) is 25.5 Å². The summed E-state index contributed by atoms with van der Waals surface area (Å²) in [6.45, 7) is 2.62. The first-order valence-electron chi connectivity index (χ1n) is 8.58. The molecular weight excluding hydrogens is 348 g/mol. The Morgan fingerprint density at radius 1 is 1.08 bits per heavy atom. The Hall–Kier alpha value is -2.50. The normalized spacial score (nSPS) is 19.7. The molecule has 132 valence electrons. The molecule has 6 heteroatoms. The van der Waals surface area contributed by atoms with Gasteiger partial charge in [-0.3, -0.25) is 4.98 Å². The monoisotopic (exact) mass is 366 g/mol. The second-order valence-corrected chi connectivity index (χ2v) is 6.88. The SMILES string of the molecule is Cc1nc(-c2ccncc2)cc(N2CC[C@@H](O)[C@H]2c2ccc(Cl)cc2)n1. The zero-order valence-corrected chi connectivity index (χ0v) is 15.1. The summed E-state index contributed by atoms with van der Waals surface area (Å²) < 4.78 is 0. The molecule has 2 aromatic heterocycles. The minimum Gasteiger partial charge on any atom is -0.391 e. The maximum Gasteiger partial charge on any atom is 0.133 e. The lowest BCUT2D eigenvalue weighted by Gasteiger charge is -2.28. The Morgan fingerprint density at radius 3 is 2.54 bits per heavy atom. The minimum atomic E-state index is -0.448. The van der Waals surface area contributed by atoms with E-state index in [1.807, 2.05) is 49.4 Å². The van der Waals surface area contributed by atoms with E-state index in [4.69, 9.17) is 11.6 Å². The third-order valence-corrected chi connectivity index (χ3v) is 4.92. The van der Waals surface area contributed by atoms with E-state index in [-0.39, 0.29) is 6.04 Å². The van der Waals surface area contributed by atoms with Gasteiger partial charge < -0.3 is 10.0 Å². The number of halogens is 1. The number of rotatable bonds is 3. The fourth-order valence-electron chi connectivity index (χ4n) is 3.46. The summed E-state index contributed by atoms with van der Waals surface area (Å²) in [7, 11) is 0. The second-order valence-electron chi connectivity index (χ2n) is 6.44. The number of hydrogen-bond donors (Lipinski definition) is 1. The first-order valence-corrected chi connectivity index (χ1v) is 8.96. The molecule has 3 aromatic rings. The second kappa shape index (κ2) is 7.02. The molecule has 1 saturated heterocycles. The zero-order chi connectivity index (χ0) is 18.1. The van der Waals surface area contributed by atoms with E-state index in [9.17, 15) is 5.11 Å². The van der Waals surface area contributed by atoms with Crippen LogP contribution in [-0.2, 0) is 0 Å². The van der Waals surface area contributed by atoms with Crippen molar-refractivity contribution in [2.24, 2.45) is 0 Å². The van der Waals surface area contributed by atoms with E-state index in [0.717, 1.165) is 29.2 Å². The lowest BCUT2D eigenvalue weighted by Crippen LogP contribution is -2.28. The van der Waals surface area contributed by atoms with Crippen LogP contribution in [0.25, 0.3) is 11.3 Å². The molecule has 0 bridgehead atoms. The summed E-state index contributed by atoms with van der Waals surface area (Å²) in [5.74, 6) is 1.52. The number of nitrogens with zero attached hydrogens (tertiary/aromatic N) is 4. The molecule has 1 aliphatic rings. The molecule has 5 nitrogen and oxygen atoms in total. The van der Waals surface area contributed by atoms with Crippen molar-refractivity contribution in [3.8, 4) is 11.3 Å². The van der Waals surface area contributed by atoms with Crippen LogP contribution >= 0.6 is 11.6 Å². The van der Waals surface area contributed by atoms with Gasteiger partial charge in [-0.05, 0) is 43.2 Å². The van der Waals surface area contributed by atoms with Gasteiger partial charge in [-0.15, -0.1) is 0 Å². The summed E-state index contributed by atoms with van der Waals surface area (Å²) >= 11 is 6.02. The highest BCUT2D eigenvalue weighted by Gasteiger charge is 2.35. The van der Waals surface area contributed by atoms with E-state index in [1.165, 1.54) is 0 Å². The number of aliphatic hydroxyl groups excluding tert-OH is 1. The Labute approximate surface area is 157 Å². The highest BCUT2D eigenvalue weighted by molar-refractivity contribution is 6.30. The molecule has 3 heterocycles. The number of aromatic nitrogens is 3. The van der Waals surface area contributed by atoms with Gasteiger partial charge in [0.25, 0.3) is 0 Å². The van der Waals surface area contributed by atoms with Crippen molar-refractivity contribution in [3.05, 3.63) is 71.3 Å². The molecule has 0 saturated carbocycles. The molecule has 0 amide bonds. The molecule has 1 fully saturated rings. The number of anilines is 1. The van der Waals surface area contributed by atoms with Gasteiger partial charge in [-0.25, -0.2) is 9.97 Å². The van der Waals surface area contributed by atoms with Crippen LogP contribution < -0.4 is 4.90 Å². The molecule has 0 unspecified atom stereocenters. The highest BCUT2D eigenvalue weighted by Crippen LogP contribution is 2.37. The lowest BCUT2D eigenvalue weighted by atomic mass is 10.0. The Balaban J connectivity index is 1.74. The number of pyridine rings is 1. The topological polar surface area (TPSA) is 62.1 Å². The summed E-state index contributed by atoms with van der Waals surface area (Å²) in [4.78, 5) is 15.4. The first-order chi connectivity index (χ1) is 12.6. The van der Waals surface area contributed by atoms with E-state index >= 15 is 0 Å². The van der Waals surface area contributed by atoms with Gasteiger partial charge in [0.05, 0.1) is 17.8 Å². The summed E-state index contributed by atoms with van der Waals surface area (Å²) in [5, 5.41) is 11.3. The summed E-state index contributed by atoms with van der Waals surface area (Å²) in [6.07, 6.45) is 3.75. The van der Waals surface area contributed by atoms with Crippen LogP contribution in [0.15, 0.2) is 54.9 Å². The van der Waals surface area contributed by atoms with E-state index in [0.29, 0.717) is 17.3 Å². The third-order valence-electron chi connectivity index (χ3n) is 4.67. The zero-order valence-electron chi connectivity index (χ0n) is 14.4. The number of aliphatic hydroxyl groups is 1. The molecule has 0 radical (unpaired) electrons. The van der Waals surface area contributed by atoms with Gasteiger partial charge in [0.2, 0.25) is 0 Å². The van der Waals surface area contributed by atoms with Gasteiger partial charge in [0.1, 0.15) is 11.6 Å².